The van der Waals surface area contributed by atoms with Crippen molar-refractivity contribution in [2.24, 2.45) is 5.73 Å². The number of para-hydroxylation sites is 1. The smallest absolute Gasteiger partial charge is 0.123 e. The summed E-state index contributed by atoms with van der Waals surface area (Å²) in [6.07, 6.45) is 2.65. The van der Waals surface area contributed by atoms with E-state index >= 15 is 0 Å². The molecular formula is C15H22N2O2. The van der Waals surface area contributed by atoms with E-state index in [0.717, 1.165) is 18.9 Å². The largest absolute Gasteiger partial charge is 0.496 e. The molecule has 2 aliphatic rings. The van der Waals surface area contributed by atoms with Gasteiger partial charge in [0.05, 0.1) is 25.9 Å². The zero-order valence-electron chi connectivity index (χ0n) is 11.4. The highest BCUT2D eigenvalue weighted by molar-refractivity contribution is 5.37. The van der Waals surface area contributed by atoms with Gasteiger partial charge in [-0.2, -0.15) is 0 Å². The molecule has 4 heteroatoms. The molecule has 1 aromatic rings. The first-order valence-corrected chi connectivity index (χ1v) is 7.05. The Hall–Kier alpha value is -1.10. The summed E-state index contributed by atoms with van der Waals surface area (Å²) in [4.78, 5) is 2.55. The Bertz CT molecular complexity index is 434. The highest BCUT2D eigenvalue weighted by atomic mass is 16.5. The summed E-state index contributed by atoms with van der Waals surface area (Å²) in [6, 6.07) is 9.14. The molecule has 1 aromatic carbocycles. The van der Waals surface area contributed by atoms with E-state index in [2.05, 4.69) is 17.0 Å². The highest BCUT2D eigenvalue weighted by Crippen LogP contribution is 2.41. The first kappa shape index (κ1) is 12.9. The molecular weight excluding hydrogens is 240 g/mol. The number of ether oxygens (including phenoxy) is 2. The van der Waals surface area contributed by atoms with Gasteiger partial charge in [0.2, 0.25) is 0 Å². The fourth-order valence-electron chi connectivity index (χ4n) is 3.06. The fourth-order valence-corrected chi connectivity index (χ4v) is 3.06. The standard InChI is InChI=1S/C15H22N2O2/c1-18-13-5-3-2-4-12(13)15-14(10-16)19-9-8-17(15)11-6-7-11/h2-5,11,14-15H,6-10,16H2,1H3. The van der Waals surface area contributed by atoms with Crippen LogP contribution in [0.4, 0.5) is 0 Å². The molecule has 0 amide bonds. The maximum absolute atomic E-state index is 5.91. The normalized spacial score (nSPS) is 28.3. The zero-order valence-corrected chi connectivity index (χ0v) is 11.4. The van der Waals surface area contributed by atoms with E-state index in [-0.39, 0.29) is 12.1 Å². The number of nitrogens with zero attached hydrogens (tertiary/aromatic N) is 1. The van der Waals surface area contributed by atoms with Gasteiger partial charge in [0.25, 0.3) is 0 Å². The number of rotatable bonds is 4. The van der Waals surface area contributed by atoms with Crippen molar-refractivity contribution in [3.05, 3.63) is 29.8 Å². The maximum Gasteiger partial charge on any atom is 0.123 e. The lowest BCUT2D eigenvalue weighted by Crippen LogP contribution is -2.49. The van der Waals surface area contributed by atoms with Crippen molar-refractivity contribution in [1.82, 2.24) is 4.90 Å². The lowest BCUT2D eigenvalue weighted by Gasteiger charge is -2.41. The Morgan fingerprint density at radius 1 is 1.37 bits per heavy atom. The van der Waals surface area contributed by atoms with Gasteiger partial charge in [-0.15, -0.1) is 0 Å². The van der Waals surface area contributed by atoms with Crippen molar-refractivity contribution in [3.63, 3.8) is 0 Å². The summed E-state index contributed by atoms with van der Waals surface area (Å²) in [5.41, 5.74) is 7.11. The number of nitrogens with two attached hydrogens (primary N) is 1. The van der Waals surface area contributed by atoms with Crippen LogP contribution in [0.2, 0.25) is 0 Å². The van der Waals surface area contributed by atoms with E-state index in [4.69, 9.17) is 15.2 Å². The summed E-state index contributed by atoms with van der Waals surface area (Å²) in [5.74, 6) is 0.933. The second-order valence-corrected chi connectivity index (χ2v) is 5.30. The van der Waals surface area contributed by atoms with Gasteiger partial charge in [-0.25, -0.2) is 0 Å². The minimum absolute atomic E-state index is 0.0608. The summed E-state index contributed by atoms with van der Waals surface area (Å²) < 4.78 is 11.4. The molecule has 0 aromatic heterocycles. The summed E-state index contributed by atoms with van der Waals surface area (Å²) >= 11 is 0. The molecule has 2 unspecified atom stereocenters. The van der Waals surface area contributed by atoms with Gasteiger partial charge in [0.15, 0.2) is 0 Å². The van der Waals surface area contributed by atoms with Gasteiger partial charge in [0, 0.05) is 24.7 Å². The average molecular weight is 262 g/mol. The second kappa shape index (κ2) is 5.49. The number of methoxy groups -OCH3 is 1. The van der Waals surface area contributed by atoms with Crippen LogP contribution < -0.4 is 10.5 Å². The van der Waals surface area contributed by atoms with E-state index < -0.39 is 0 Å². The topological polar surface area (TPSA) is 47.7 Å². The van der Waals surface area contributed by atoms with Crippen molar-refractivity contribution < 1.29 is 9.47 Å². The molecule has 0 spiro atoms. The molecule has 2 N–H and O–H groups in total. The van der Waals surface area contributed by atoms with Gasteiger partial charge in [-0.3, -0.25) is 4.90 Å². The molecule has 1 heterocycles. The lowest BCUT2D eigenvalue weighted by molar-refractivity contribution is -0.0718. The lowest BCUT2D eigenvalue weighted by atomic mass is 9.96. The van der Waals surface area contributed by atoms with Crippen LogP contribution in [0.15, 0.2) is 24.3 Å². The number of benzene rings is 1. The fraction of sp³-hybridized carbons (Fsp3) is 0.600. The molecule has 3 rings (SSSR count). The van der Waals surface area contributed by atoms with Crippen LogP contribution in [0.25, 0.3) is 0 Å². The van der Waals surface area contributed by atoms with Gasteiger partial charge < -0.3 is 15.2 Å². The molecule has 2 atom stereocenters. The van der Waals surface area contributed by atoms with Crippen molar-refractivity contribution in [2.45, 2.75) is 31.0 Å². The Labute approximate surface area is 114 Å². The van der Waals surface area contributed by atoms with Crippen molar-refractivity contribution in [2.75, 3.05) is 26.8 Å². The average Bonchev–Trinajstić information content (AvgIpc) is 3.31. The van der Waals surface area contributed by atoms with E-state index in [1.54, 1.807) is 7.11 Å². The summed E-state index contributed by atoms with van der Waals surface area (Å²) in [5, 5.41) is 0. The third kappa shape index (κ3) is 2.48. The van der Waals surface area contributed by atoms with Gasteiger partial charge in [-0.05, 0) is 18.9 Å². The third-order valence-electron chi connectivity index (χ3n) is 4.10. The van der Waals surface area contributed by atoms with Crippen LogP contribution in [-0.2, 0) is 4.74 Å². The highest BCUT2D eigenvalue weighted by Gasteiger charge is 2.41. The van der Waals surface area contributed by atoms with Crippen LogP contribution in [0.3, 0.4) is 0 Å². The van der Waals surface area contributed by atoms with E-state index in [1.165, 1.54) is 18.4 Å². The SMILES string of the molecule is COc1ccccc1C1C(CN)OCCN1C1CC1. The maximum atomic E-state index is 5.91. The number of hydrogen-bond donors (Lipinski definition) is 1. The molecule has 1 aliphatic carbocycles. The minimum Gasteiger partial charge on any atom is -0.496 e. The van der Waals surface area contributed by atoms with E-state index in [1.807, 2.05) is 12.1 Å². The molecule has 104 valence electrons. The molecule has 1 saturated heterocycles. The van der Waals surface area contributed by atoms with Crippen LogP contribution in [-0.4, -0.2) is 43.9 Å². The monoisotopic (exact) mass is 262 g/mol. The second-order valence-electron chi connectivity index (χ2n) is 5.30. The van der Waals surface area contributed by atoms with E-state index in [0.29, 0.717) is 12.6 Å². The molecule has 1 saturated carbocycles. The molecule has 4 nitrogen and oxygen atoms in total. The Morgan fingerprint density at radius 3 is 2.84 bits per heavy atom. The Balaban J connectivity index is 1.95. The van der Waals surface area contributed by atoms with E-state index in [9.17, 15) is 0 Å². The number of hydrogen-bond acceptors (Lipinski definition) is 4. The van der Waals surface area contributed by atoms with Crippen LogP contribution >= 0.6 is 0 Å². The zero-order chi connectivity index (χ0) is 13.2. The number of morpholine rings is 1. The quantitative estimate of drug-likeness (QED) is 0.894. The van der Waals surface area contributed by atoms with Gasteiger partial charge >= 0.3 is 0 Å². The van der Waals surface area contributed by atoms with Crippen LogP contribution in [0.5, 0.6) is 5.75 Å². The minimum atomic E-state index is 0.0608. The predicted octanol–water partition coefficient (Wildman–Crippen LogP) is 1.56. The Kier molecular flexibility index (Phi) is 3.73. The summed E-state index contributed by atoms with van der Waals surface area (Å²) in [7, 11) is 1.72. The first-order valence-electron chi connectivity index (χ1n) is 7.05. The molecule has 19 heavy (non-hydrogen) atoms. The molecule has 1 aliphatic heterocycles. The Morgan fingerprint density at radius 2 is 2.16 bits per heavy atom. The first-order chi connectivity index (χ1) is 9.35. The predicted molar refractivity (Wildman–Crippen MR) is 74.3 cm³/mol. The molecule has 0 bridgehead atoms. The molecule has 2 fully saturated rings. The van der Waals surface area contributed by atoms with Crippen LogP contribution in [0.1, 0.15) is 24.4 Å². The van der Waals surface area contributed by atoms with Gasteiger partial charge in [0.1, 0.15) is 5.75 Å². The molecule has 0 radical (unpaired) electrons. The van der Waals surface area contributed by atoms with Gasteiger partial charge in [-0.1, -0.05) is 18.2 Å². The van der Waals surface area contributed by atoms with Crippen LogP contribution in [0, 0.1) is 0 Å². The third-order valence-corrected chi connectivity index (χ3v) is 4.10. The van der Waals surface area contributed by atoms with Crippen molar-refractivity contribution in [3.8, 4) is 5.75 Å². The summed E-state index contributed by atoms with van der Waals surface area (Å²) in [6.45, 7) is 2.32. The van der Waals surface area contributed by atoms with Crippen molar-refractivity contribution >= 4 is 0 Å². The van der Waals surface area contributed by atoms with Crippen molar-refractivity contribution in [1.29, 1.82) is 0 Å².